The Morgan fingerprint density at radius 2 is 1.68 bits per heavy atom. The van der Waals surface area contributed by atoms with Gasteiger partial charge in [0, 0.05) is 13.0 Å². The van der Waals surface area contributed by atoms with Crippen LogP contribution < -0.4 is 11.1 Å². The molecule has 3 N–H and O–H groups in total. The normalized spacial score (nSPS) is 52.3. The zero-order valence-electron chi connectivity index (χ0n) is 11.8. The van der Waals surface area contributed by atoms with Crippen molar-refractivity contribution in [3.63, 3.8) is 0 Å². The van der Waals surface area contributed by atoms with Gasteiger partial charge in [-0.1, -0.05) is 0 Å². The molecule has 3 heteroatoms. The summed E-state index contributed by atoms with van der Waals surface area (Å²) in [7, 11) is 0. The number of carbonyl (C=O) groups excluding carboxylic acids is 1. The van der Waals surface area contributed by atoms with Gasteiger partial charge in [0.1, 0.15) is 0 Å². The van der Waals surface area contributed by atoms with Crippen molar-refractivity contribution in [2.24, 2.45) is 34.3 Å². The Hall–Kier alpha value is -0.570. The Morgan fingerprint density at radius 1 is 1.11 bits per heavy atom. The molecule has 106 valence electrons. The highest BCUT2D eigenvalue weighted by Gasteiger charge is 2.60. The van der Waals surface area contributed by atoms with Gasteiger partial charge in [0.2, 0.25) is 5.91 Å². The average molecular weight is 262 g/mol. The highest BCUT2D eigenvalue weighted by atomic mass is 16.1. The number of amides is 1. The van der Waals surface area contributed by atoms with E-state index in [1.807, 2.05) is 0 Å². The first-order valence-electron chi connectivity index (χ1n) is 8.12. The zero-order valence-corrected chi connectivity index (χ0v) is 11.8. The maximum Gasteiger partial charge on any atom is 0.220 e. The molecule has 1 saturated heterocycles. The van der Waals surface area contributed by atoms with Gasteiger partial charge in [0.05, 0.1) is 0 Å². The SMILES string of the molecule is NCC1(C23CC4CC(CC(C4)C2)C3)CCNC(=O)C1. The van der Waals surface area contributed by atoms with Gasteiger partial charge in [-0.05, 0) is 80.1 Å². The molecule has 4 saturated carbocycles. The van der Waals surface area contributed by atoms with Crippen molar-refractivity contribution in [2.45, 2.75) is 51.4 Å². The second-order valence-electron chi connectivity index (χ2n) is 7.96. The van der Waals surface area contributed by atoms with Crippen LogP contribution in [0.1, 0.15) is 51.4 Å². The fourth-order valence-corrected chi connectivity index (χ4v) is 6.50. The molecule has 0 aromatic rings. The minimum atomic E-state index is 0.116. The summed E-state index contributed by atoms with van der Waals surface area (Å²) in [5.41, 5.74) is 6.77. The second kappa shape index (κ2) is 3.97. The van der Waals surface area contributed by atoms with E-state index in [2.05, 4.69) is 5.32 Å². The van der Waals surface area contributed by atoms with Crippen LogP contribution in [0.3, 0.4) is 0 Å². The molecule has 0 radical (unpaired) electrons. The van der Waals surface area contributed by atoms with Crippen molar-refractivity contribution in [1.82, 2.24) is 5.32 Å². The topological polar surface area (TPSA) is 55.1 Å². The molecule has 1 unspecified atom stereocenters. The summed E-state index contributed by atoms with van der Waals surface area (Å²) >= 11 is 0. The van der Waals surface area contributed by atoms with Crippen molar-refractivity contribution in [3.05, 3.63) is 0 Å². The predicted octanol–water partition coefficient (Wildman–Crippen LogP) is 2.06. The molecule has 0 spiro atoms. The number of hydrogen-bond acceptors (Lipinski definition) is 2. The monoisotopic (exact) mass is 262 g/mol. The molecule has 0 aromatic heterocycles. The van der Waals surface area contributed by atoms with Crippen molar-refractivity contribution >= 4 is 5.91 Å². The van der Waals surface area contributed by atoms with Gasteiger partial charge in [-0.3, -0.25) is 4.79 Å². The van der Waals surface area contributed by atoms with E-state index >= 15 is 0 Å². The summed E-state index contributed by atoms with van der Waals surface area (Å²) in [5, 5.41) is 3.01. The molecule has 1 aliphatic heterocycles. The van der Waals surface area contributed by atoms with Gasteiger partial charge in [-0.25, -0.2) is 0 Å². The smallest absolute Gasteiger partial charge is 0.220 e. The maximum absolute atomic E-state index is 12.0. The van der Waals surface area contributed by atoms with Crippen LogP contribution in [0, 0.1) is 28.6 Å². The number of rotatable bonds is 2. The molecule has 5 rings (SSSR count). The van der Waals surface area contributed by atoms with Crippen molar-refractivity contribution in [1.29, 1.82) is 0 Å². The molecule has 5 fully saturated rings. The number of hydrogen-bond donors (Lipinski definition) is 2. The van der Waals surface area contributed by atoms with Crippen LogP contribution >= 0.6 is 0 Å². The van der Waals surface area contributed by atoms with Crippen LogP contribution in [0.15, 0.2) is 0 Å². The van der Waals surface area contributed by atoms with E-state index in [-0.39, 0.29) is 11.3 Å². The molecule has 3 nitrogen and oxygen atoms in total. The predicted molar refractivity (Wildman–Crippen MR) is 74.3 cm³/mol. The quantitative estimate of drug-likeness (QED) is 0.800. The van der Waals surface area contributed by atoms with Crippen molar-refractivity contribution in [2.75, 3.05) is 13.1 Å². The highest BCUT2D eigenvalue weighted by Crippen LogP contribution is 2.67. The molecular weight excluding hydrogens is 236 g/mol. The Morgan fingerprint density at radius 3 is 2.16 bits per heavy atom. The third-order valence-corrected chi connectivity index (χ3v) is 6.98. The van der Waals surface area contributed by atoms with E-state index in [9.17, 15) is 4.79 Å². The van der Waals surface area contributed by atoms with E-state index in [0.717, 1.165) is 30.7 Å². The molecule has 19 heavy (non-hydrogen) atoms. The molecule has 4 aliphatic carbocycles. The standard InChI is InChI=1S/C16H26N2O/c17-10-15(1-2-18-14(19)9-15)16-6-11-3-12(7-16)5-13(4-11)8-16/h11-13H,1-10,17H2,(H,18,19). The van der Waals surface area contributed by atoms with Crippen molar-refractivity contribution < 1.29 is 4.79 Å². The Bertz CT molecular complexity index is 370. The Labute approximate surface area is 115 Å². The van der Waals surface area contributed by atoms with Crippen LogP contribution in [0.5, 0.6) is 0 Å². The fourth-order valence-electron chi connectivity index (χ4n) is 6.50. The summed E-state index contributed by atoms with van der Waals surface area (Å²) in [6, 6.07) is 0. The van der Waals surface area contributed by atoms with E-state index in [1.165, 1.54) is 38.5 Å². The lowest BCUT2D eigenvalue weighted by Gasteiger charge is -2.64. The number of nitrogens with two attached hydrogens (primary N) is 1. The lowest BCUT2D eigenvalue weighted by Crippen LogP contribution is -2.60. The highest BCUT2D eigenvalue weighted by molar-refractivity contribution is 5.77. The van der Waals surface area contributed by atoms with Crippen LogP contribution in [0.25, 0.3) is 0 Å². The first-order chi connectivity index (χ1) is 9.15. The summed E-state index contributed by atoms with van der Waals surface area (Å²) in [6.07, 6.45) is 10.3. The molecule has 0 aromatic carbocycles. The summed E-state index contributed by atoms with van der Waals surface area (Å²) in [4.78, 5) is 12.0. The Kier molecular flexibility index (Phi) is 2.55. The minimum absolute atomic E-state index is 0.116. The van der Waals surface area contributed by atoms with Crippen LogP contribution in [0.4, 0.5) is 0 Å². The van der Waals surface area contributed by atoms with Gasteiger partial charge >= 0.3 is 0 Å². The van der Waals surface area contributed by atoms with Gasteiger partial charge in [0.25, 0.3) is 0 Å². The fraction of sp³-hybridized carbons (Fsp3) is 0.938. The first kappa shape index (κ1) is 12.2. The van der Waals surface area contributed by atoms with Crippen LogP contribution in [0.2, 0.25) is 0 Å². The molecule has 5 aliphatic rings. The Balaban J connectivity index is 1.71. The van der Waals surface area contributed by atoms with Gasteiger partial charge in [0.15, 0.2) is 0 Å². The van der Waals surface area contributed by atoms with E-state index in [0.29, 0.717) is 18.4 Å². The van der Waals surface area contributed by atoms with Gasteiger partial charge in [-0.15, -0.1) is 0 Å². The number of piperidine rings is 1. The largest absolute Gasteiger partial charge is 0.356 e. The van der Waals surface area contributed by atoms with Crippen LogP contribution in [-0.2, 0) is 4.79 Å². The zero-order chi connectivity index (χ0) is 13.1. The third-order valence-electron chi connectivity index (χ3n) is 6.98. The molecular formula is C16H26N2O. The van der Waals surface area contributed by atoms with E-state index < -0.39 is 0 Å². The molecule has 1 amide bonds. The van der Waals surface area contributed by atoms with Gasteiger partial charge < -0.3 is 11.1 Å². The maximum atomic E-state index is 12.0. The van der Waals surface area contributed by atoms with Crippen LogP contribution in [-0.4, -0.2) is 19.0 Å². The third kappa shape index (κ3) is 1.63. The summed E-state index contributed by atoms with van der Waals surface area (Å²) in [5.74, 6) is 3.08. The summed E-state index contributed by atoms with van der Waals surface area (Å²) < 4.78 is 0. The summed E-state index contributed by atoms with van der Waals surface area (Å²) in [6.45, 7) is 1.56. The first-order valence-corrected chi connectivity index (χ1v) is 8.12. The average Bonchev–Trinajstić information content (AvgIpc) is 2.36. The van der Waals surface area contributed by atoms with E-state index in [4.69, 9.17) is 5.73 Å². The van der Waals surface area contributed by atoms with Crippen molar-refractivity contribution in [3.8, 4) is 0 Å². The number of nitrogens with one attached hydrogen (secondary N) is 1. The van der Waals surface area contributed by atoms with E-state index in [1.54, 1.807) is 0 Å². The lowest BCUT2D eigenvalue weighted by atomic mass is 9.41. The molecule has 1 atom stereocenters. The molecule has 1 heterocycles. The lowest BCUT2D eigenvalue weighted by molar-refractivity contribution is -0.153. The van der Waals surface area contributed by atoms with Gasteiger partial charge in [-0.2, -0.15) is 0 Å². The minimum Gasteiger partial charge on any atom is -0.356 e. The number of carbonyl (C=O) groups is 1. The second-order valence-corrected chi connectivity index (χ2v) is 7.96. The molecule has 4 bridgehead atoms.